The summed E-state index contributed by atoms with van der Waals surface area (Å²) in [5, 5.41) is 0.607. The van der Waals surface area contributed by atoms with Crippen molar-refractivity contribution in [1.82, 2.24) is 9.97 Å². The largest absolute Gasteiger partial charge is 0.224 e. The number of aromatic nitrogens is 2. The molecule has 2 nitrogen and oxygen atoms in total. The number of nitrogens with zero attached hydrogens (tertiary/aromatic N) is 2. The van der Waals surface area contributed by atoms with Crippen LogP contribution in [0, 0.1) is 5.41 Å². The van der Waals surface area contributed by atoms with Gasteiger partial charge in [-0.25, -0.2) is 9.97 Å². The van der Waals surface area contributed by atoms with E-state index in [1.807, 2.05) is 0 Å². The maximum Gasteiger partial charge on any atom is 0.224 e. The molecule has 1 aliphatic carbocycles. The van der Waals surface area contributed by atoms with Gasteiger partial charge in [0.05, 0.1) is 5.69 Å². The van der Waals surface area contributed by atoms with Gasteiger partial charge in [-0.15, -0.1) is 0 Å². The third-order valence-corrected chi connectivity index (χ3v) is 2.98. The van der Waals surface area contributed by atoms with Gasteiger partial charge < -0.3 is 0 Å². The third kappa shape index (κ3) is 1.86. The summed E-state index contributed by atoms with van der Waals surface area (Å²) in [5.41, 5.74) is 1.71. The highest BCUT2D eigenvalue weighted by Crippen LogP contribution is 2.36. The zero-order valence-electron chi connectivity index (χ0n) is 9.14. The molecule has 1 atom stereocenters. The minimum Gasteiger partial charge on any atom is -0.223 e. The molecular formula is C10H12Cl2N2. The predicted octanol–water partition coefficient (Wildman–Crippen LogP) is 3.30. The molecule has 1 aromatic rings. The van der Waals surface area contributed by atoms with Gasteiger partial charge in [-0.05, 0) is 36.3 Å². The average Bonchev–Trinajstić information content (AvgIpc) is 2.09. The summed E-state index contributed by atoms with van der Waals surface area (Å²) in [6.45, 7) is 4.14. The summed E-state index contributed by atoms with van der Waals surface area (Å²) in [4.78, 5) is 8.08. The normalized spacial score (nSPS) is 25.4. The first kappa shape index (κ1) is 8.93. The highest BCUT2D eigenvalue weighted by atomic mass is 35.5. The molecule has 0 radical (unpaired) electrons. The number of rotatable bonds is 0. The van der Waals surface area contributed by atoms with Crippen molar-refractivity contribution >= 4 is 23.2 Å². The smallest absolute Gasteiger partial charge is 0.223 e. The highest BCUT2D eigenvalue weighted by molar-refractivity contribution is 6.32. The molecule has 0 spiro atoms. The molecule has 1 aliphatic rings. The molecule has 0 bridgehead atoms. The second kappa shape index (κ2) is 3.35. The monoisotopic (exact) mass is 231 g/mol. The van der Waals surface area contributed by atoms with Crippen LogP contribution in [-0.4, -0.2) is 9.97 Å². The SMILES string of the molecule is [2H]C1Cc2nc(Cl)nc(Cl)c2CC1(C)C. The highest BCUT2D eigenvalue weighted by Gasteiger charge is 2.28. The molecule has 4 heteroatoms. The molecule has 1 heterocycles. The molecule has 76 valence electrons. The summed E-state index contributed by atoms with van der Waals surface area (Å²) in [6.07, 6.45) is 1.18. The molecule has 0 aliphatic heterocycles. The molecule has 0 aromatic carbocycles. The van der Waals surface area contributed by atoms with Crippen LogP contribution in [0.1, 0.15) is 32.9 Å². The standard InChI is InChI=1S/C10H12Cl2N2/c1-10(2)4-3-7-6(5-10)8(11)14-9(12)13-7/h3-5H2,1-2H3/i4D. The van der Waals surface area contributed by atoms with Crippen molar-refractivity contribution in [1.29, 1.82) is 0 Å². The van der Waals surface area contributed by atoms with E-state index in [0.29, 0.717) is 11.6 Å². The van der Waals surface area contributed by atoms with Crippen LogP contribution in [0.2, 0.25) is 10.4 Å². The van der Waals surface area contributed by atoms with E-state index in [-0.39, 0.29) is 17.1 Å². The van der Waals surface area contributed by atoms with Crippen LogP contribution in [-0.2, 0) is 12.8 Å². The first-order valence-corrected chi connectivity index (χ1v) is 5.29. The van der Waals surface area contributed by atoms with Crippen LogP contribution >= 0.6 is 23.2 Å². The molecule has 0 N–H and O–H groups in total. The molecule has 1 aromatic heterocycles. The van der Waals surface area contributed by atoms with Crippen molar-refractivity contribution in [3.63, 3.8) is 0 Å². The van der Waals surface area contributed by atoms with Gasteiger partial charge in [-0.1, -0.05) is 25.4 Å². The Morgan fingerprint density at radius 2 is 2.07 bits per heavy atom. The Kier molecular flexibility index (Phi) is 2.14. The van der Waals surface area contributed by atoms with Crippen molar-refractivity contribution in [3.05, 3.63) is 21.7 Å². The molecule has 0 saturated carbocycles. The van der Waals surface area contributed by atoms with Gasteiger partial charge in [0.2, 0.25) is 5.28 Å². The topological polar surface area (TPSA) is 25.8 Å². The summed E-state index contributed by atoms with van der Waals surface area (Å²) in [5.74, 6) is 0. The second-order valence-electron chi connectivity index (χ2n) is 4.28. The van der Waals surface area contributed by atoms with Gasteiger partial charge >= 0.3 is 0 Å². The maximum atomic E-state index is 8.00. The first-order chi connectivity index (χ1) is 6.90. The fourth-order valence-corrected chi connectivity index (χ4v) is 2.20. The van der Waals surface area contributed by atoms with Crippen LogP contribution in [0.5, 0.6) is 0 Å². The zero-order chi connectivity index (χ0) is 11.2. The zero-order valence-corrected chi connectivity index (χ0v) is 9.65. The molecular weight excluding hydrogens is 219 g/mol. The van der Waals surface area contributed by atoms with Gasteiger partial charge in [-0.2, -0.15) is 0 Å². The van der Waals surface area contributed by atoms with E-state index in [0.717, 1.165) is 17.7 Å². The van der Waals surface area contributed by atoms with E-state index < -0.39 is 0 Å². The third-order valence-electron chi connectivity index (χ3n) is 2.50. The minimum absolute atomic E-state index is 0.0756. The Morgan fingerprint density at radius 1 is 1.36 bits per heavy atom. The molecule has 0 saturated heterocycles. The molecule has 14 heavy (non-hydrogen) atoms. The summed E-state index contributed by atoms with van der Waals surface area (Å²) in [6, 6.07) is 0. The van der Waals surface area contributed by atoms with Crippen molar-refractivity contribution in [2.75, 3.05) is 0 Å². The molecule has 0 fully saturated rings. The molecule has 2 rings (SSSR count). The van der Waals surface area contributed by atoms with Crippen LogP contribution in [0.3, 0.4) is 0 Å². The van der Waals surface area contributed by atoms with Gasteiger partial charge in [0, 0.05) is 6.93 Å². The van der Waals surface area contributed by atoms with E-state index in [2.05, 4.69) is 23.8 Å². The van der Waals surface area contributed by atoms with E-state index in [1.165, 1.54) is 0 Å². The fourth-order valence-electron chi connectivity index (χ4n) is 1.72. The molecule has 0 amide bonds. The summed E-state index contributed by atoms with van der Waals surface area (Å²) < 4.78 is 8.00. The van der Waals surface area contributed by atoms with Crippen molar-refractivity contribution in [2.24, 2.45) is 5.41 Å². The lowest BCUT2D eigenvalue weighted by Gasteiger charge is -2.30. The Labute approximate surface area is 95.1 Å². The number of fused-ring (bicyclic) bond motifs is 1. The maximum absolute atomic E-state index is 8.00. The van der Waals surface area contributed by atoms with Gasteiger partial charge in [0.15, 0.2) is 0 Å². The lowest BCUT2D eigenvalue weighted by Crippen LogP contribution is -2.23. The van der Waals surface area contributed by atoms with Crippen molar-refractivity contribution in [3.8, 4) is 0 Å². The van der Waals surface area contributed by atoms with Gasteiger partial charge in [-0.3, -0.25) is 0 Å². The van der Waals surface area contributed by atoms with Crippen molar-refractivity contribution in [2.45, 2.75) is 33.1 Å². The molecule has 1 unspecified atom stereocenters. The van der Waals surface area contributed by atoms with Crippen LogP contribution < -0.4 is 0 Å². The van der Waals surface area contributed by atoms with Crippen LogP contribution in [0.4, 0.5) is 0 Å². The Bertz CT molecular complexity index is 407. The lowest BCUT2D eigenvalue weighted by atomic mass is 9.76. The van der Waals surface area contributed by atoms with Gasteiger partial charge in [0.25, 0.3) is 0 Å². The number of aryl methyl sites for hydroxylation is 1. The quantitative estimate of drug-likeness (QED) is 0.506. The van der Waals surface area contributed by atoms with E-state index in [4.69, 9.17) is 24.6 Å². The van der Waals surface area contributed by atoms with E-state index in [9.17, 15) is 0 Å². The average molecular weight is 232 g/mol. The number of halogens is 2. The summed E-state index contributed by atoms with van der Waals surface area (Å²) in [7, 11) is 0. The van der Waals surface area contributed by atoms with Crippen LogP contribution in [0.15, 0.2) is 0 Å². The predicted molar refractivity (Wildman–Crippen MR) is 57.9 cm³/mol. The minimum atomic E-state index is -0.160. The lowest BCUT2D eigenvalue weighted by molar-refractivity contribution is 0.311. The van der Waals surface area contributed by atoms with E-state index >= 15 is 0 Å². The van der Waals surface area contributed by atoms with E-state index in [1.54, 1.807) is 0 Å². The Balaban J connectivity index is 2.50. The van der Waals surface area contributed by atoms with Crippen LogP contribution in [0.25, 0.3) is 0 Å². The fraction of sp³-hybridized carbons (Fsp3) is 0.600. The van der Waals surface area contributed by atoms with Gasteiger partial charge in [0.1, 0.15) is 5.15 Å². The summed E-state index contributed by atoms with van der Waals surface area (Å²) >= 11 is 11.8. The Morgan fingerprint density at radius 3 is 2.79 bits per heavy atom. The van der Waals surface area contributed by atoms with Crippen molar-refractivity contribution < 1.29 is 1.37 Å². The number of hydrogen-bond donors (Lipinski definition) is 0. The second-order valence-corrected chi connectivity index (χ2v) is 4.98. The Hall–Kier alpha value is -0.340. The first-order valence-electron chi connectivity index (χ1n) is 5.11. The number of hydrogen-bond acceptors (Lipinski definition) is 2.